The minimum absolute atomic E-state index is 0.0888. The van der Waals surface area contributed by atoms with E-state index in [2.05, 4.69) is 43.3 Å². The van der Waals surface area contributed by atoms with E-state index in [-0.39, 0.29) is 28.4 Å². The fourth-order valence-corrected chi connectivity index (χ4v) is 4.19. The number of nitrogens with zero attached hydrogens (tertiary/aromatic N) is 3. The SMILES string of the molecule is C=CCn1c(CNC(=O)c2cccc(Cl)c2)nnc1SCC(=O)Nc1c(F)cc(F)cc1Br. The van der Waals surface area contributed by atoms with Crippen LogP contribution in [0, 0.1) is 11.6 Å². The van der Waals surface area contributed by atoms with Crippen molar-refractivity contribution in [2.45, 2.75) is 18.2 Å². The lowest BCUT2D eigenvalue weighted by atomic mass is 10.2. The Morgan fingerprint density at radius 2 is 2.03 bits per heavy atom. The van der Waals surface area contributed by atoms with Gasteiger partial charge in [-0.05, 0) is 40.2 Å². The van der Waals surface area contributed by atoms with E-state index in [1.165, 1.54) is 0 Å². The zero-order valence-corrected chi connectivity index (χ0v) is 20.1. The second-order valence-corrected chi connectivity index (χ2v) is 8.81. The van der Waals surface area contributed by atoms with Crippen LogP contribution in [-0.2, 0) is 17.9 Å². The molecule has 0 aliphatic carbocycles. The summed E-state index contributed by atoms with van der Waals surface area (Å²) < 4.78 is 28.9. The molecule has 172 valence electrons. The number of aromatic nitrogens is 3. The lowest BCUT2D eigenvalue weighted by Gasteiger charge is -2.10. The highest BCUT2D eigenvalue weighted by molar-refractivity contribution is 9.10. The summed E-state index contributed by atoms with van der Waals surface area (Å²) >= 11 is 10.0. The van der Waals surface area contributed by atoms with Crippen molar-refractivity contribution < 1.29 is 18.4 Å². The summed E-state index contributed by atoms with van der Waals surface area (Å²) in [5.74, 6) is -2.15. The number of amides is 2. The van der Waals surface area contributed by atoms with E-state index in [1.807, 2.05) is 0 Å². The van der Waals surface area contributed by atoms with Crippen molar-refractivity contribution in [1.29, 1.82) is 0 Å². The molecule has 2 aromatic carbocycles. The zero-order valence-electron chi connectivity index (χ0n) is 16.9. The molecule has 0 unspecified atom stereocenters. The van der Waals surface area contributed by atoms with Crippen LogP contribution in [-0.4, -0.2) is 32.3 Å². The molecule has 33 heavy (non-hydrogen) atoms. The largest absolute Gasteiger partial charge is 0.345 e. The highest BCUT2D eigenvalue weighted by Gasteiger charge is 2.17. The molecule has 2 N–H and O–H groups in total. The van der Waals surface area contributed by atoms with Gasteiger partial charge in [-0.1, -0.05) is 35.5 Å². The number of hydrogen-bond donors (Lipinski definition) is 2. The van der Waals surface area contributed by atoms with Gasteiger partial charge in [0.2, 0.25) is 5.91 Å². The van der Waals surface area contributed by atoms with Gasteiger partial charge in [-0.2, -0.15) is 0 Å². The van der Waals surface area contributed by atoms with Gasteiger partial charge < -0.3 is 15.2 Å². The predicted molar refractivity (Wildman–Crippen MR) is 126 cm³/mol. The molecule has 0 aliphatic rings. The molecule has 0 saturated carbocycles. The quantitative estimate of drug-likeness (QED) is 0.291. The van der Waals surface area contributed by atoms with E-state index in [4.69, 9.17) is 11.6 Å². The number of hydrogen-bond acceptors (Lipinski definition) is 5. The molecule has 0 saturated heterocycles. The summed E-state index contributed by atoms with van der Waals surface area (Å²) in [5.41, 5.74) is 0.252. The van der Waals surface area contributed by atoms with E-state index >= 15 is 0 Å². The monoisotopic (exact) mass is 555 g/mol. The molecule has 3 aromatic rings. The number of benzene rings is 2. The van der Waals surface area contributed by atoms with E-state index in [9.17, 15) is 18.4 Å². The number of thioether (sulfide) groups is 1. The fraction of sp³-hybridized carbons (Fsp3) is 0.143. The number of allylic oxidation sites excluding steroid dienone is 1. The third-order valence-corrected chi connectivity index (χ3v) is 6.03. The fourth-order valence-electron chi connectivity index (χ4n) is 2.73. The first-order valence-electron chi connectivity index (χ1n) is 9.42. The maximum absolute atomic E-state index is 13.9. The van der Waals surface area contributed by atoms with Crippen molar-refractivity contribution >= 4 is 56.8 Å². The van der Waals surface area contributed by atoms with Crippen molar-refractivity contribution in [2.24, 2.45) is 0 Å². The highest BCUT2D eigenvalue weighted by atomic mass is 79.9. The van der Waals surface area contributed by atoms with Crippen LogP contribution in [0.1, 0.15) is 16.2 Å². The van der Waals surface area contributed by atoms with Crippen molar-refractivity contribution in [3.05, 3.63) is 81.6 Å². The van der Waals surface area contributed by atoms with Crippen LogP contribution < -0.4 is 10.6 Å². The van der Waals surface area contributed by atoms with Gasteiger partial charge in [-0.25, -0.2) is 8.78 Å². The molecule has 12 heteroatoms. The summed E-state index contributed by atoms with van der Waals surface area (Å²) in [6.45, 7) is 4.14. The Bertz CT molecular complexity index is 1180. The number of carbonyl (C=O) groups is 2. The molecule has 0 bridgehead atoms. The number of halogens is 4. The van der Waals surface area contributed by atoms with Crippen LogP contribution in [0.4, 0.5) is 14.5 Å². The molecule has 0 radical (unpaired) electrons. The lowest BCUT2D eigenvalue weighted by molar-refractivity contribution is -0.113. The first-order chi connectivity index (χ1) is 15.8. The van der Waals surface area contributed by atoms with Gasteiger partial charge in [0.05, 0.1) is 18.0 Å². The van der Waals surface area contributed by atoms with Crippen molar-refractivity contribution in [2.75, 3.05) is 11.1 Å². The number of carbonyl (C=O) groups excluding carboxylic acids is 2. The summed E-state index contributed by atoms with van der Waals surface area (Å²) in [5, 5.41) is 14.2. The molecule has 1 heterocycles. The average Bonchev–Trinajstić information content (AvgIpc) is 3.15. The topological polar surface area (TPSA) is 88.9 Å². The van der Waals surface area contributed by atoms with Crippen LogP contribution in [0.25, 0.3) is 0 Å². The van der Waals surface area contributed by atoms with Gasteiger partial charge in [0, 0.05) is 27.7 Å². The Labute approximate surface area is 205 Å². The van der Waals surface area contributed by atoms with E-state index in [0.29, 0.717) is 34.2 Å². The van der Waals surface area contributed by atoms with Crippen LogP contribution in [0.15, 0.2) is 58.7 Å². The van der Waals surface area contributed by atoms with Crippen LogP contribution in [0.2, 0.25) is 5.02 Å². The van der Waals surface area contributed by atoms with Gasteiger partial charge in [-0.3, -0.25) is 9.59 Å². The minimum atomic E-state index is -0.896. The maximum Gasteiger partial charge on any atom is 0.251 e. The number of anilines is 1. The Morgan fingerprint density at radius 1 is 1.24 bits per heavy atom. The van der Waals surface area contributed by atoms with Crippen molar-refractivity contribution in [3.8, 4) is 0 Å². The van der Waals surface area contributed by atoms with Crippen molar-refractivity contribution in [1.82, 2.24) is 20.1 Å². The molecule has 0 atom stereocenters. The summed E-state index contributed by atoms with van der Waals surface area (Å²) in [4.78, 5) is 24.6. The van der Waals surface area contributed by atoms with E-state index in [1.54, 1.807) is 34.9 Å². The lowest BCUT2D eigenvalue weighted by Crippen LogP contribution is -2.24. The molecule has 0 spiro atoms. The smallest absolute Gasteiger partial charge is 0.251 e. The molecule has 3 rings (SSSR count). The second-order valence-electron chi connectivity index (χ2n) is 6.57. The summed E-state index contributed by atoms with van der Waals surface area (Å²) in [6.07, 6.45) is 1.63. The van der Waals surface area contributed by atoms with Crippen LogP contribution in [0.5, 0.6) is 0 Å². The van der Waals surface area contributed by atoms with Crippen molar-refractivity contribution in [3.63, 3.8) is 0 Å². The van der Waals surface area contributed by atoms with Gasteiger partial charge in [0.15, 0.2) is 16.8 Å². The summed E-state index contributed by atoms with van der Waals surface area (Å²) in [6, 6.07) is 8.26. The van der Waals surface area contributed by atoms with E-state index < -0.39 is 17.5 Å². The average molecular weight is 557 g/mol. The van der Waals surface area contributed by atoms with Gasteiger partial charge in [-0.15, -0.1) is 16.8 Å². The maximum atomic E-state index is 13.9. The first-order valence-corrected chi connectivity index (χ1v) is 11.6. The summed E-state index contributed by atoms with van der Waals surface area (Å²) in [7, 11) is 0. The second kappa shape index (κ2) is 11.4. The zero-order chi connectivity index (χ0) is 24.0. The molecular formula is C21H17BrClF2N5O2S. The van der Waals surface area contributed by atoms with Gasteiger partial charge in [0.25, 0.3) is 5.91 Å². The molecule has 7 nitrogen and oxygen atoms in total. The Hall–Kier alpha value is -2.76. The third-order valence-electron chi connectivity index (χ3n) is 4.20. The molecule has 1 aromatic heterocycles. The molecule has 0 aliphatic heterocycles. The Morgan fingerprint density at radius 3 is 2.73 bits per heavy atom. The first kappa shape index (κ1) is 24.9. The van der Waals surface area contributed by atoms with E-state index in [0.717, 1.165) is 17.8 Å². The molecule has 0 fully saturated rings. The van der Waals surface area contributed by atoms with Gasteiger partial charge >= 0.3 is 0 Å². The standard InChI is InChI=1S/C21H17BrClF2N5O2S/c1-2-6-30-17(10-26-20(32)12-4-3-5-13(23)7-12)28-29-21(30)33-11-18(31)27-19-15(22)8-14(24)9-16(19)25/h2-5,7-9H,1,6,10-11H2,(H,26,32)(H,27,31). The minimum Gasteiger partial charge on any atom is -0.345 e. The predicted octanol–water partition coefficient (Wildman–Crippen LogP) is 4.82. The van der Waals surface area contributed by atoms with Crippen LogP contribution in [0.3, 0.4) is 0 Å². The molecular weight excluding hydrogens is 540 g/mol. The highest BCUT2D eigenvalue weighted by Crippen LogP contribution is 2.27. The molecule has 2 amide bonds. The van der Waals surface area contributed by atoms with Gasteiger partial charge in [0.1, 0.15) is 5.82 Å². The number of nitrogens with one attached hydrogen (secondary N) is 2. The third kappa shape index (κ3) is 6.62. The normalized spacial score (nSPS) is 10.7. The Kier molecular flexibility index (Phi) is 8.59. The Balaban J connectivity index is 1.64. The number of rotatable bonds is 9. The van der Waals surface area contributed by atoms with Crippen LogP contribution >= 0.6 is 39.3 Å².